The number of hydrogen-bond donors (Lipinski definition) is 2. The molecule has 0 spiro atoms. The average molecular weight is 407 g/mol. The van der Waals surface area contributed by atoms with Crippen molar-refractivity contribution in [2.24, 2.45) is 5.92 Å². The van der Waals surface area contributed by atoms with Gasteiger partial charge in [-0.3, -0.25) is 9.59 Å². The number of hydrogen-bond acceptors (Lipinski definition) is 5. The van der Waals surface area contributed by atoms with E-state index in [1.54, 1.807) is 18.7 Å². The van der Waals surface area contributed by atoms with E-state index >= 15 is 0 Å². The van der Waals surface area contributed by atoms with Crippen LogP contribution in [0.1, 0.15) is 33.3 Å². The van der Waals surface area contributed by atoms with E-state index in [4.69, 9.17) is 0 Å². The molecule has 28 heavy (non-hydrogen) atoms. The molecule has 8 heteroatoms. The highest BCUT2D eigenvalue weighted by molar-refractivity contribution is 8.01. The standard InChI is InChI=1S/C20H26N2O5S/c1-11(2)21(10-12-8-6-5-7-9-12)17(25)14(23)13-16(24)22-15(19(26)27)20(3,4)28-18(13)22/h5-9,11,13-15,18,23H,10H2,1-4H3,(H,26,27)/t13-,14+,15+,18-/m1/s1. The Morgan fingerprint density at radius 1 is 1.25 bits per heavy atom. The number of carbonyl (C=O) groups excluding carboxylic acids is 2. The largest absolute Gasteiger partial charge is 0.480 e. The van der Waals surface area contributed by atoms with Crippen LogP contribution in [0, 0.1) is 5.92 Å². The smallest absolute Gasteiger partial charge is 0.327 e. The first-order chi connectivity index (χ1) is 13.1. The Bertz CT molecular complexity index is 782. The van der Waals surface area contributed by atoms with Gasteiger partial charge in [0, 0.05) is 17.3 Å². The van der Waals surface area contributed by atoms with E-state index in [1.165, 1.54) is 16.7 Å². The molecule has 0 unspecified atom stereocenters. The zero-order valence-electron chi connectivity index (χ0n) is 16.4. The second-order valence-electron chi connectivity index (χ2n) is 8.11. The molecular formula is C20H26N2O5S. The van der Waals surface area contributed by atoms with Gasteiger partial charge in [0.2, 0.25) is 5.91 Å². The van der Waals surface area contributed by atoms with E-state index in [0.29, 0.717) is 6.54 Å². The molecule has 3 rings (SSSR count). The van der Waals surface area contributed by atoms with Gasteiger partial charge in [-0.25, -0.2) is 4.79 Å². The summed E-state index contributed by atoms with van der Waals surface area (Å²) in [6, 6.07) is 8.33. The lowest BCUT2D eigenvalue weighted by molar-refractivity contribution is -0.173. The number of carboxylic acid groups (broad SMARTS) is 1. The van der Waals surface area contributed by atoms with Gasteiger partial charge < -0.3 is 20.0 Å². The number of aliphatic carboxylic acids is 1. The molecule has 2 fully saturated rings. The van der Waals surface area contributed by atoms with Crippen LogP contribution in [-0.4, -0.2) is 66.1 Å². The Morgan fingerprint density at radius 2 is 1.86 bits per heavy atom. The number of aliphatic hydroxyl groups excluding tert-OH is 1. The van der Waals surface area contributed by atoms with Crippen LogP contribution in [-0.2, 0) is 20.9 Å². The first kappa shape index (κ1) is 20.7. The number of benzene rings is 1. The van der Waals surface area contributed by atoms with Gasteiger partial charge in [0.15, 0.2) is 0 Å². The maximum atomic E-state index is 13.0. The molecule has 7 nitrogen and oxygen atoms in total. The summed E-state index contributed by atoms with van der Waals surface area (Å²) in [5.41, 5.74) is 0.931. The predicted octanol–water partition coefficient (Wildman–Crippen LogP) is 1.55. The van der Waals surface area contributed by atoms with Gasteiger partial charge in [0.1, 0.15) is 18.1 Å². The quantitative estimate of drug-likeness (QED) is 0.696. The van der Waals surface area contributed by atoms with Crippen molar-refractivity contribution in [2.45, 2.75) is 62.5 Å². The topological polar surface area (TPSA) is 98.2 Å². The molecule has 0 aliphatic carbocycles. The fourth-order valence-electron chi connectivity index (χ4n) is 3.95. The maximum Gasteiger partial charge on any atom is 0.327 e. The van der Waals surface area contributed by atoms with Crippen LogP contribution in [0.2, 0.25) is 0 Å². The van der Waals surface area contributed by atoms with Crippen molar-refractivity contribution in [2.75, 3.05) is 0 Å². The van der Waals surface area contributed by atoms with E-state index in [-0.39, 0.29) is 6.04 Å². The lowest BCUT2D eigenvalue weighted by Gasteiger charge is -2.45. The molecule has 0 saturated carbocycles. The minimum atomic E-state index is -1.49. The van der Waals surface area contributed by atoms with E-state index in [0.717, 1.165) is 5.56 Å². The Morgan fingerprint density at radius 3 is 2.39 bits per heavy atom. The number of β-lactam (4-membered cyclic amide) rings is 1. The van der Waals surface area contributed by atoms with E-state index in [1.807, 2.05) is 44.2 Å². The van der Waals surface area contributed by atoms with Gasteiger partial charge in [-0.05, 0) is 33.3 Å². The van der Waals surface area contributed by atoms with Gasteiger partial charge in [0.25, 0.3) is 5.91 Å². The normalized spacial score (nSPS) is 26.6. The highest BCUT2D eigenvalue weighted by atomic mass is 32.2. The fourth-order valence-corrected chi connectivity index (χ4v) is 5.67. The Labute approximate surface area is 168 Å². The van der Waals surface area contributed by atoms with Crippen molar-refractivity contribution in [1.82, 2.24) is 9.80 Å². The second kappa shape index (κ2) is 7.40. The van der Waals surface area contributed by atoms with Crippen LogP contribution in [0.15, 0.2) is 30.3 Å². The van der Waals surface area contributed by atoms with Gasteiger partial charge in [-0.1, -0.05) is 30.3 Å². The number of aliphatic hydroxyl groups is 1. The number of carbonyl (C=O) groups is 3. The molecule has 2 saturated heterocycles. The van der Waals surface area contributed by atoms with Crippen LogP contribution >= 0.6 is 11.8 Å². The van der Waals surface area contributed by atoms with Gasteiger partial charge in [0.05, 0.1) is 5.37 Å². The fraction of sp³-hybridized carbons (Fsp3) is 0.550. The van der Waals surface area contributed by atoms with Crippen molar-refractivity contribution in [3.63, 3.8) is 0 Å². The predicted molar refractivity (Wildman–Crippen MR) is 105 cm³/mol. The van der Waals surface area contributed by atoms with Gasteiger partial charge in [-0.15, -0.1) is 11.8 Å². The minimum Gasteiger partial charge on any atom is -0.480 e. The molecule has 2 amide bonds. The molecule has 2 aliphatic rings. The van der Waals surface area contributed by atoms with Crippen molar-refractivity contribution < 1.29 is 24.6 Å². The molecule has 1 aromatic rings. The third-order valence-electron chi connectivity index (χ3n) is 5.41. The monoisotopic (exact) mass is 406 g/mol. The zero-order valence-corrected chi connectivity index (χ0v) is 17.2. The zero-order chi connectivity index (χ0) is 20.8. The van der Waals surface area contributed by atoms with Crippen LogP contribution in [0.5, 0.6) is 0 Å². The van der Waals surface area contributed by atoms with Crippen molar-refractivity contribution in [3.05, 3.63) is 35.9 Å². The summed E-state index contributed by atoms with van der Waals surface area (Å²) in [6.07, 6.45) is -1.49. The summed E-state index contributed by atoms with van der Waals surface area (Å²) >= 11 is 1.33. The lowest BCUT2D eigenvalue weighted by Crippen LogP contribution is -2.67. The molecule has 2 aliphatic heterocycles. The summed E-state index contributed by atoms with van der Waals surface area (Å²) in [5, 5.41) is 19.7. The number of amides is 2. The highest BCUT2D eigenvalue weighted by Crippen LogP contribution is 2.54. The Balaban J connectivity index is 1.78. The van der Waals surface area contributed by atoms with Gasteiger partial charge >= 0.3 is 5.97 Å². The minimum absolute atomic E-state index is 0.159. The molecule has 4 atom stereocenters. The number of carboxylic acids is 1. The van der Waals surface area contributed by atoms with Crippen molar-refractivity contribution in [3.8, 4) is 0 Å². The second-order valence-corrected chi connectivity index (χ2v) is 9.89. The summed E-state index contributed by atoms with van der Waals surface area (Å²) in [6.45, 7) is 7.58. The maximum absolute atomic E-state index is 13.0. The van der Waals surface area contributed by atoms with E-state index < -0.39 is 46.0 Å². The van der Waals surface area contributed by atoms with Crippen molar-refractivity contribution >= 4 is 29.5 Å². The third kappa shape index (κ3) is 3.39. The lowest BCUT2D eigenvalue weighted by atomic mass is 9.87. The summed E-state index contributed by atoms with van der Waals surface area (Å²) in [5.74, 6) is -2.97. The highest BCUT2D eigenvalue weighted by Gasteiger charge is 2.66. The van der Waals surface area contributed by atoms with Crippen LogP contribution < -0.4 is 0 Å². The van der Waals surface area contributed by atoms with Crippen LogP contribution in [0.4, 0.5) is 0 Å². The summed E-state index contributed by atoms with van der Waals surface area (Å²) < 4.78 is -0.689. The SMILES string of the molecule is CC(C)N(Cc1ccccc1)C(=O)[C@@H](O)[C@@H]1C(=O)N2[C@@H]1SC(C)(C)[C@@H]2C(=O)O. The van der Waals surface area contributed by atoms with Gasteiger partial charge in [-0.2, -0.15) is 0 Å². The molecular weight excluding hydrogens is 380 g/mol. The van der Waals surface area contributed by atoms with Crippen LogP contribution in [0.25, 0.3) is 0 Å². The Kier molecular flexibility index (Phi) is 5.46. The van der Waals surface area contributed by atoms with E-state index in [9.17, 15) is 24.6 Å². The van der Waals surface area contributed by atoms with Crippen molar-refractivity contribution in [1.29, 1.82) is 0 Å². The molecule has 2 heterocycles. The number of fused-ring (bicyclic) bond motifs is 1. The number of nitrogens with zero attached hydrogens (tertiary/aromatic N) is 2. The average Bonchev–Trinajstić information content (AvgIpc) is 2.87. The van der Waals surface area contributed by atoms with Crippen LogP contribution in [0.3, 0.4) is 0 Å². The molecule has 0 aromatic heterocycles. The first-order valence-corrected chi connectivity index (χ1v) is 10.2. The molecule has 2 N–H and O–H groups in total. The number of thioether (sulfide) groups is 1. The summed E-state index contributed by atoms with van der Waals surface area (Å²) in [7, 11) is 0. The number of rotatable bonds is 6. The first-order valence-electron chi connectivity index (χ1n) is 9.31. The van der Waals surface area contributed by atoms with E-state index in [2.05, 4.69) is 0 Å². The Hall–Kier alpha value is -2.06. The molecule has 0 radical (unpaired) electrons. The third-order valence-corrected chi connectivity index (χ3v) is 7.00. The molecule has 1 aromatic carbocycles. The summed E-state index contributed by atoms with van der Waals surface area (Å²) in [4.78, 5) is 40.1. The molecule has 0 bridgehead atoms. The molecule has 152 valence electrons.